The minimum absolute atomic E-state index is 0.821. The van der Waals surface area contributed by atoms with Crippen molar-refractivity contribution in [2.24, 2.45) is 0 Å². The molecule has 0 heterocycles. The molecule has 15 heavy (non-hydrogen) atoms. The average molecular weight is 260 g/mol. The van der Waals surface area contributed by atoms with Crippen molar-refractivity contribution in [3.63, 3.8) is 0 Å². The molecule has 2 aromatic rings. The van der Waals surface area contributed by atoms with Gasteiger partial charge in [-0.1, -0.05) is 30.3 Å². The summed E-state index contributed by atoms with van der Waals surface area (Å²) in [7, 11) is 0. The van der Waals surface area contributed by atoms with Crippen LogP contribution in [0.15, 0.2) is 40.9 Å². The third-order valence-corrected chi connectivity index (χ3v) is 3.88. The van der Waals surface area contributed by atoms with Crippen LogP contribution in [0.3, 0.4) is 0 Å². The summed E-state index contributed by atoms with van der Waals surface area (Å²) >= 11 is 3.57. The second-order valence-electron chi connectivity index (χ2n) is 3.83. The van der Waals surface area contributed by atoms with E-state index >= 15 is 0 Å². The maximum atomic E-state index is 5.88. The summed E-state index contributed by atoms with van der Waals surface area (Å²) in [5.41, 5.74) is 12.1. The summed E-state index contributed by atoms with van der Waals surface area (Å²) in [6.07, 6.45) is 0.983. The molecule has 0 amide bonds. The number of fused-ring (bicyclic) bond motifs is 3. The quantitative estimate of drug-likeness (QED) is 0.614. The number of nitrogens with two attached hydrogens (primary N) is 1. The Hall–Kier alpha value is -1.28. The Labute approximate surface area is 97.1 Å². The lowest BCUT2D eigenvalue weighted by Crippen LogP contribution is -1.90. The number of hydrogen-bond acceptors (Lipinski definition) is 1. The van der Waals surface area contributed by atoms with Gasteiger partial charge < -0.3 is 5.73 Å². The fourth-order valence-electron chi connectivity index (χ4n) is 2.19. The molecular weight excluding hydrogens is 250 g/mol. The minimum Gasteiger partial charge on any atom is -0.398 e. The number of nitrogen functional groups attached to an aromatic ring is 1. The third-order valence-electron chi connectivity index (χ3n) is 2.95. The molecule has 0 atom stereocenters. The second-order valence-corrected chi connectivity index (χ2v) is 4.62. The SMILES string of the molecule is Nc1ccc2c(c1Br)Cc1ccccc1-2. The first-order chi connectivity index (χ1) is 7.27. The van der Waals surface area contributed by atoms with Crippen LogP contribution in [0.5, 0.6) is 0 Å². The summed E-state index contributed by atoms with van der Waals surface area (Å²) < 4.78 is 1.05. The van der Waals surface area contributed by atoms with Crippen LogP contribution in [0.1, 0.15) is 11.1 Å². The predicted molar refractivity (Wildman–Crippen MR) is 66.8 cm³/mol. The molecule has 2 heteroatoms. The first-order valence-corrected chi connectivity index (χ1v) is 5.72. The highest BCUT2D eigenvalue weighted by Crippen LogP contribution is 2.41. The zero-order chi connectivity index (χ0) is 10.4. The molecular formula is C13H10BrN. The van der Waals surface area contributed by atoms with Crippen LogP contribution in [-0.4, -0.2) is 0 Å². The molecule has 0 saturated heterocycles. The van der Waals surface area contributed by atoms with E-state index in [2.05, 4.69) is 46.3 Å². The number of rotatable bonds is 0. The Bertz CT molecular complexity index is 546. The normalized spacial score (nSPS) is 12.3. The number of anilines is 1. The molecule has 2 aromatic carbocycles. The molecule has 74 valence electrons. The summed E-state index contributed by atoms with van der Waals surface area (Å²) in [6, 6.07) is 12.6. The predicted octanol–water partition coefficient (Wildman–Crippen LogP) is 3.60. The average Bonchev–Trinajstić information content (AvgIpc) is 2.63. The zero-order valence-corrected chi connectivity index (χ0v) is 9.71. The van der Waals surface area contributed by atoms with Crippen LogP contribution in [0, 0.1) is 0 Å². The maximum absolute atomic E-state index is 5.88. The van der Waals surface area contributed by atoms with E-state index in [0.717, 1.165) is 16.6 Å². The van der Waals surface area contributed by atoms with Crippen molar-refractivity contribution in [2.75, 3.05) is 5.73 Å². The topological polar surface area (TPSA) is 26.0 Å². The fraction of sp³-hybridized carbons (Fsp3) is 0.0769. The maximum Gasteiger partial charge on any atom is 0.0461 e. The number of benzene rings is 2. The smallest absolute Gasteiger partial charge is 0.0461 e. The van der Waals surface area contributed by atoms with E-state index in [9.17, 15) is 0 Å². The van der Waals surface area contributed by atoms with Crippen molar-refractivity contribution in [3.05, 3.63) is 52.0 Å². The molecule has 0 bridgehead atoms. The molecule has 0 saturated carbocycles. The van der Waals surface area contributed by atoms with Crippen molar-refractivity contribution >= 4 is 21.6 Å². The van der Waals surface area contributed by atoms with Gasteiger partial charge in [-0.3, -0.25) is 0 Å². The number of halogens is 1. The lowest BCUT2D eigenvalue weighted by atomic mass is 10.1. The van der Waals surface area contributed by atoms with E-state index in [0.29, 0.717) is 0 Å². The van der Waals surface area contributed by atoms with E-state index in [4.69, 9.17) is 5.73 Å². The van der Waals surface area contributed by atoms with Gasteiger partial charge in [-0.25, -0.2) is 0 Å². The van der Waals surface area contributed by atoms with Gasteiger partial charge in [0.05, 0.1) is 0 Å². The van der Waals surface area contributed by atoms with Gasteiger partial charge >= 0.3 is 0 Å². The van der Waals surface area contributed by atoms with Gasteiger partial charge in [-0.05, 0) is 50.7 Å². The van der Waals surface area contributed by atoms with Crippen molar-refractivity contribution in [3.8, 4) is 11.1 Å². The van der Waals surface area contributed by atoms with Gasteiger partial charge in [-0.2, -0.15) is 0 Å². The standard InChI is InChI=1S/C13H10BrN/c14-13-11-7-8-3-1-2-4-9(8)10(11)5-6-12(13)15/h1-6H,7,15H2. The van der Waals surface area contributed by atoms with Gasteiger partial charge in [0.1, 0.15) is 0 Å². The van der Waals surface area contributed by atoms with Crippen molar-refractivity contribution in [2.45, 2.75) is 6.42 Å². The summed E-state index contributed by atoms with van der Waals surface area (Å²) in [5, 5.41) is 0. The number of hydrogen-bond donors (Lipinski definition) is 1. The Balaban J connectivity index is 2.31. The highest BCUT2D eigenvalue weighted by atomic mass is 79.9. The molecule has 0 fully saturated rings. The molecule has 3 rings (SSSR count). The van der Waals surface area contributed by atoms with Crippen LogP contribution in [0.4, 0.5) is 5.69 Å². The molecule has 0 spiro atoms. The van der Waals surface area contributed by atoms with Crippen molar-refractivity contribution in [1.82, 2.24) is 0 Å². The summed E-state index contributed by atoms with van der Waals surface area (Å²) in [6.45, 7) is 0. The summed E-state index contributed by atoms with van der Waals surface area (Å²) in [5.74, 6) is 0. The van der Waals surface area contributed by atoms with E-state index < -0.39 is 0 Å². The minimum atomic E-state index is 0.821. The Kier molecular flexibility index (Phi) is 1.86. The van der Waals surface area contributed by atoms with Gasteiger partial charge in [0.2, 0.25) is 0 Å². The molecule has 0 aliphatic heterocycles. The lowest BCUT2D eigenvalue weighted by molar-refractivity contribution is 1.25. The van der Waals surface area contributed by atoms with Crippen LogP contribution in [-0.2, 0) is 6.42 Å². The largest absolute Gasteiger partial charge is 0.398 e. The Morgan fingerprint density at radius 2 is 1.80 bits per heavy atom. The van der Waals surface area contributed by atoms with Crippen molar-refractivity contribution < 1.29 is 0 Å². The second kappa shape index (κ2) is 3.11. The Morgan fingerprint density at radius 1 is 1.00 bits per heavy atom. The van der Waals surface area contributed by atoms with Crippen LogP contribution in [0.2, 0.25) is 0 Å². The Morgan fingerprint density at radius 3 is 2.67 bits per heavy atom. The van der Waals surface area contributed by atoms with E-state index in [1.54, 1.807) is 0 Å². The highest BCUT2D eigenvalue weighted by Gasteiger charge is 2.20. The molecule has 2 N–H and O–H groups in total. The van der Waals surface area contributed by atoms with Crippen LogP contribution in [0.25, 0.3) is 11.1 Å². The fourth-order valence-corrected chi connectivity index (χ4v) is 2.68. The molecule has 1 nitrogen and oxygen atoms in total. The van der Waals surface area contributed by atoms with Gasteiger partial charge in [0.15, 0.2) is 0 Å². The van der Waals surface area contributed by atoms with E-state index in [1.165, 1.54) is 22.3 Å². The van der Waals surface area contributed by atoms with E-state index in [1.807, 2.05) is 6.07 Å². The molecule has 0 aromatic heterocycles. The molecule has 1 aliphatic carbocycles. The van der Waals surface area contributed by atoms with Gasteiger partial charge in [0, 0.05) is 10.2 Å². The first-order valence-electron chi connectivity index (χ1n) is 4.92. The zero-order valence-electron chi connectivity index (χ0n) is 8.13. The highest BCUT2D eigenvalue weighted by molar-refractivity contribution is 9.10. The van der Waals surface area contributed by atoms with Crippen LogP contribution >= 0.6 is 15.9 Å². The molecule has 0 unspecified atom stereocenters. The third kappa shape index (κ3) is 1.21. The van der Waals surface area contributed by atoms with Gasteiger partial charge in [-0.15, -0.1) is 0 Å². The molecule has 1 aliphatic rings. The van der Waals surface area contributed by atoms with Crippen molar-refractivity contribution in [1.29, 1.82) is 0 Å². The summed E-state index contributed by atoms with van der Waals surface area (Å²) in [4.78, 5) is 0. The lowest BCUT2D eigenvalue weighted by Gasteiger charge is -2.05. The monoisotopic (exact) mass is 259 g/mol. The van der Waals surface area contributed by atoms with E-state index in [-0.39, 0.29) is 0 Å². The van der Waals surface area contributed by atoms with Gasteiger partial charge in [0.25, 0.3) is 0 Å². The molecule has 0 radical (unpaired) electrons. The first kappa shape index (κ1) is 8.98. The van der Waals surface area contributed by atoms with Crippen LogP contribution < -0.4 is 5.73 Å².